The van der Waals surface area contributed by atoms with Crippen molar-refractivity contribution >= 4 is 17.7 Å². The summed E-state index contributed by atoms with van der Waals surface area (Å²) in [7, 11) is 0. The molecule has 0 radical (unpaired) electrons. The Hall–Kier alpha value is -1.46. The third kappa shape index (κ3) is 1.81. The maximum Gasteiger partial charge on any atom is 0.314 e. The molecule has 1 saturated heterocycles. The zero-order valence-corrected chi connectivity index (χ0v) is 13.1. The number of halogens is 1. The Balaban J connectivity index is 1.59. The summed E-state index contributed by atoms with van der Waals surface area (Å²) in [4.78, 5) is 38.0. The SMILES string of the molecule is O=C1CC(C(=O)N2C[C@]3(F)CCC[C@]3(C(=O)O)C2)C2(CCC2)C1. The summed E-state index contributed by atoms with van der Waals surface area (Å²) in [6.45, 7) is -0.169. The number of nitrogens with zero attached hydrogens (tertiary/aromatic N) is 1. The first-order valence-electron chi connectivity index (χ1n) is 8.55. The highest BCUT2D eigenvalue weighted by molar-refractivity contribution is 5.93. The molecule has 1 aliphatic heterocycles. The van der Waals surface area contributed by atoms with Crippen LogP contribution in [0.1, 0.15) is 51.4 Å². The number of ketones is 1. The minimum absolute atomic E-state index is 0.0432. The van der Waals surface area contributed by atoms with E-state index in [4.69, 9.17) is 0 Å². The highest BCUT2D eigenvalue weighted by Crippen LogP contribution is 2.58. The summed E-state index contributed by atoms with van der Waals surface area (Å²) < 4.78 is 15.2. The van der Waals surface area contributed by atoms with Gasteiger partial charge < -0.3 is 10.0 Å². The largest absolute Gasteiger partial charge is 0.481 e. The molecule has 3 aliphatic carbocycles. The third-order valence-electron chi connectivity index (χ3n) is 7.03. The molecule has 126 valence electrons. The molecule has 6 heteroatoms. The van der Waals surface area contributed by atoms with Crippen molar-refractivity contribution in [3.63, 3.8) is 0 Å². The molecule has 0 bridgehead atoms. The molecule has 0 aromatic carbocycles. The molecule has 3 atom stereocenters. The van der Waals surface area contributed by atoms with Gasteiger partial charge in [-0.05, 0) is 37.5 Å². The van der Waals surface area contributed by atoms with Crippen LogP contribution in [0, 0.1) is 16.7 Å². The first-order chi connectivity index (χ1) is 10.8. The second kappa shape index (κ2) is 4.54. The van der Waals surface area contributed by atoms with Gasteiger partial charge in [0.25, 0.3) is 0 Å². The fraction of sp³-hybridized carbons (Fsp3) is 0.824. The van der Waals surface area contributed by atoms with E-state index in [0.717, 1.165) is 19.3 Å². The lowest BCUT2D eigenvalue weighted by molar-refractivity contribution is -0.154. The Morgan fingerprint density at radius 2 is 1.83 bits per heavy atom. The number of amides is 1. The normalized spacial score (nSPS) is 41.2. The van der Waals surface area contributed by atoms with E-state index in [1.807, 2.05) is 0 Å². The van der Waals surface area contributed by atoms with Crippen LogP contribution in [0.25, 0.3) is 0 Å². The number of carbonyl (C=O) groups is 3. The van der Waals surface area contributed by atoms with Gasteiger partial charge in [0.05, 0.1) is 12.5 Å². The molecule has 4 aliphatic rings. The first kappa shape index (κ1) is 15.1. The lowest BCUT2D eigenvalue weighted by Crippen LogP contribution is -2.45. The van der Waals surface area contributed by atoms with Gasteiger partial charge in [-0.1, -0.05) is 6.42 Å². The molecule has 1 amide bonds. The maximum absolute atomic E-state index is 15.2. The highest BCUT2D eigenvalue weighted by Gasteiger charge is 2.68. The maximum atomic E-state index is 15.2. The Bertz CT molecular complexity index is 601. The van der Waals surface area contributed by atoms with Gasteiger partial charge in [0, 0.05) is 19.4 Å². The first-order valence-corrected chi connectivity index (χ1v) is 8.55. The van der Waals surface area contributed by atoms with Crippen LogP contribution in [0.5, 0.6) is 0 Å². The number of hydrogen-bond donors (Lipinski definition) is 1. The third-order valence-corrected chi connectivity index (χ3v) is 7.03. The molecule has 3 saturated carbocycles. The van der Waals surface area contributed by atoms with E-state index in [9.17, 15) is 19.5 Å². The molecule has 0 aromatic heterocycles. The molecular weight excluding hydrogens is 301 g/mol. The van der Waals surface area contributed by atoms with Crippen molar-refractivity contribution < 1.29 is 23.9 Å². The van der Waals surface area contributed by atoms with Crippen molar-refractivity contribution in [2.24, 2.45) is 16.7 Å². The van der Waals surface area contributed by atoms with Gasteiger partial charge in [0.2, 0.25) is 5.91 Å². The lowest BCUT2D eigenvalue weighted by atomic mass is 9.62. The van der Waals surface area contributed by atoms with Crippen LogP contribution in [0.3, 0.4) is 0 Å². The minimum atomic E-state index is -1.82. The summed E-state index contributed by atoms with van der Waals surface area (Å²) in [5.41, 5.74) is -3.48. The Morgan fingerprint density at radius 3 is 2.39 bits per heavy atom. The van der Waals surface area contributed by atoms with E-state index in [1.54, 1.807) is 0 Å². The van der Waals surface area contributed by atoms with Crippen LogP contribution in [-0.4, -0.2) is 46.4 Å². The molecule has 4 rings (SSSR count). The standard InChI is InChI=1S/C17H22FNO4/c18-17-6-2-5-16(17,14(22)23)9-19(10-17)13(21)12-7-11(20)8-15(12)3-1-4-15/h12H,1-10H2,(H,22,23)/t12?,16-,17-/m1/s1. The number of fused-ring (bicyclic) bond motifs is 1. The molecule has 23 heavy (non-hydrogen) atoms. The highest BCUT2D eigenvalue weighted by atomic mass is 19.1. The minimum Gasteiger partial charge on any atom is -0.481 e. The topological polar surface area (TPSA) is 74.7 Å². The Labute approximate surface area is 134 Å². The van der Waals surface area contributed by atoms with Crippen LogP contribution in [-0.2, 0) is 14.4 Å². The molecule has 5 nitrogen and oxygen atoms in total. The number of likely N-dealkylation sites (tertiary alicyclic amines) is 1. The summed E-state index contributed by atoms with van der Waals surface area (Å²) in [5, 5.41) is 9.57. The van der Waals surface area contributed by atoms with Crippen molar-refractivity contribution in [2.45, 2.75) is 57.0 Å². The number of rotatable bonds is 2. The van der Waals surface area contributed by atoms with Gasteiger partial charge in [0.1, 0.15) is 16.9 Å². The summed E-state index contributed by atoms with van der Waals surface area (Å²) in [6, 6.07) is 0. The van der Waals surface area contributed by atoms with Gasteiger partial charge >= 0.3 is 5.97 Å². The second-order valence-corrected chi connectivity index (χ2v) is 8.09. The zero-order valence-electron chi connectivity index (χ0n) is 13.1. The zero-order chi connectivity index (χ0) is 16.5. The van der Waals surface area contributed by atoms with Crippen LogP contribution in [0.2, 0.25) is 0 Å². The molecule has 1 unspecified atom stereocenters. The van der Waals surface area contributed by atoms with E-state index < -0.39 is 17.1 Å². The Morgan fingerprint density at radius 1 is 1.13 bits per heavy atom. The summed E-state index contributed by atoms with van der Waals surface area (Å²) in [6.07, 6.45) is 4.55. The molecule has 1 heterocycles. The molecular formula is C17H22FNO4. The number of carbonyl (C=O) groups excluding carboxylic acids is 2. The average Bonchev–Trinajstić information content (AvgIpc) is 3.03. The Kier molecular flexibility index (Phi) is 2.98. The van der Waals surface area contributed by atoms with Gasteiger partial charge in [-0.2, -0.15) is 0 Å². The number of Topliss-reactive ketones (excluding diaryl/α,β-unsaturated/α-hetero) is 1. The van der Waals surface area contributed by atoms with Crippen LogP contribution < -0.4 is 0 Å². The molecule has 0 aromatic rings. The predicted octanol–water partition coefficient (Wildman–Crippen LogP) is 1.94. The monoisotopic (exact) mass is 323 g/mol. The van der Waals surface area contributed by atoms with Crippen molar-refractivity contribution in [1.29, 1.82) is 0 Å². The number of alkyl halides is 1. The van der Waals surface area contributed by atoms with Crippen LogP contribution >= 0.6 is 0 Å². The van der Waals surface area contributed by atoms with E-state index in [2.05, 4.69) is 0 Å². The molecule has 1 spiro atoms. The number of carboxylic acid groups (broad SMARTS) is 1. The summed E-state index contributed by atoms with van der Waals surface area (Å²) >= 11 is 0. The summed E-state index contributed by atoms with van der Waals surface area (Å²) in [5.74, 6) is -1.57. The van der Waals surface area contributed by atoms with E-state index in [0.29, 0.717) is 12.8 Å². The smallest absolute Gasteiger partial charge is 0.314 e. The van der Waals surface area contributed by atoms with Gasteiger partial charge in [-0.25, -0.2) is 4.39 Å². The quantitative estimate of drug-likeness (QED) is 0.843. The fourth-order valence-electron chi connectivity index (χ4n) is 5.55. The van der Waals surface area contributed by atoms with Crippen molar-refractivity contribution in [2.75, 3.05) is 13.1 Å². The lowest BCUT2D eigenvalue weighted by Gasteiger charge is -2.43. The number of hydrogen-bond acceptors (Lipinski definition) is 3. The van der Waals surface area contributed by atoms with E-state index in [1.165, 1.54) is 4.90 Å². The van der Waals surface area contributed by atoms with Gasteiger partial charge in [-0.15, -0.1) is 0 Å². The van der Waals surface area contributed by atoms with E-state index in [-0.39, 0.29) is 55.4 Å². The van der Waals surface area contributed by atoms with Crippen molar-refractivity contribution in [3.05, 3.63) is 0 Å². The predicted molar refractivity (Wildman–Crippen MR) is 78.4 cm³/mol. The van der Waals surface area contributed by atoms with Crippen molar-refractivity contribution in [3.8, 4) is 0 Å². The second-order valence-electron chi connectivity index (χ2n) is 8.09. The fourth-order valence-corrected chi connectivity index (χ4v) is 5.55. The molecule has 1 N–H and O–H groups in total. The van der Waals surface area contributed by atoms with Gasteiger partial charge in [-0.3, -0.25) is 14.4 Å². The van der Waals surface area contributed by atoms with Crippen molar-refractivity contribution in [1.82, 2.24) is 4.90 Å². The average molecular weight is 323 g/mol. The van der Waals surface area contributed by atoms with Crippen LogP contribution in [0.15, 0.2) is 0 Å². The number of aliphatic carboxylic acids is 1. The van der Waals surface area contributed by atoms with E-state index >= 15 is 4.39 Å². The van der Waals surface area contributed by atoms with Gasteiger partial charge in [0.15, 0.2) is 0 Å². The molecule has 4 fully saturated rings. The van der Waals surface area contributed by atoms with Crippen LogP contribution in [0.4, 0.5) is 4.39 Å². The number of carboxylic acids is 1.